The number of rotatable bonds is 4. The molecule has 0 aromatic carbocycles. The molecule has 0 amide bonds. The van der Waals surface area contributed by atoms with Gasteiger partial charge in [-0.15, -0.1) is 0 Å². The second-order valence-electron chi connectivity index (χ2n) is 1.49. The summed E-state index contributed by atoms with van der Waals surface area (Å²) in [4.78, 5) is 0. The van der Waals surface area contributed by atoms with E-state index < -0.39 is 0 Å². The first kappa shape index (κ1) is 7.78. The quantitative estimate of drug-likeness (QED) is 0.484. The van der Waals surface area contributed by atoms with E-state index in [9.17, 15) is 0 Å². The van der Waals surface area contributed by atoms with Gasteiger partial charge in [0, 0.05) is 0 Å². The first-order valence-corrected chi connectivity index (χ1v) is 4.94. The van der Waals surface area contributed by atoms with Crippen molar-refractivity contribution in [3.8, 4) is 0 Å². The molecule has 7 heavy (non-hydrogen) atoms. The van der Waals surface area contributed by atoms with E-state index in [1.807, 2.05) is 0 Å². The van der Waals surface area contributed by atoms with E-state index in [2.05, 4.69) is 0 Å². The topological polar surface area (TPSA) is 9.23 Å². The molecule has 0 aromatic rings. The Morgan fingerprint density at radius 1 is 1.43 bits per heavy atom. The fourth-order valence-corrected chi connectivity index (χ4v) is 1.21. The molecule has 2 heteroatoms. The van der Waals surface area contributed by atoms with Crippen molar-refractivity contribution in [2.75, 3.05) is 13.7 Å². The summed E-state index contributed by atoms with van der Waals surface area (Å²) in [5, 5.41) is 0. The first-order valence-electron chi connectivity index (χ1n) is 2.61. The van der Waals surface area contributed by atoms with E-state index in [0.717, 1.165) is 6.61 Å². The normalized spacial score (nSPS) is 9.43. The number of hydrogen-bond acceptors (Lipinski definition) is 1. The number of hydrogen-bond donors (Lipinski definition) is 0. The van der Waals surface area contributed by atoms with E-state index >= 15 is 0 Å². The fourth-order valence-electron chi connectivity index (χ4n) is 0.391. The molecule has 0 heterocycles. The Morgan fingerprint density at radius 2 is 2.14 bits per heavy atom. The number of ether oxygens (including phenoxy) is 1. The van der Waals surface area contributed by atoms with Gasteiger partial charge in [0.15, 0.2) is 0 Å². The van der Waals surface area contributed by atoms with Crippen LogP contribution in [0, 0.1) is 0 Å². The Kier molecular flexibility index (Phi) is 7.53. The minimum atomic E-state index is 0.945. The Hall–Kier alpha value is 0.778. The van der Waals surface area contributed by atoms with Gasteiger partial charge in [0.25, 0.3) is 0 Å². The van der Waals surface area contributed by atoms with Crippen LogP contribution < -0.4 is 0 Å². The summed E-state index contributed by atoms with van der Waals surface area (Å²) in [5.74, 6) is 0. The molecule has 44 valence electrons. The number of methoxy groups -OCH3 is 1. The molecule has 0 radical (unpaired) electrons. The van der Waals surface area contributed by atoms with Gasteiger partial charge in [0.2, 0.25) is 0 Å². The molecule has 0 saturated carbocycles. The summed E-state index contributed by atoms with van der Waals surface area (Å²) in [5.41, 5.74) is 0. The zero-order valence-electron chi connectivity index (χ0n) is 4.81. The molecule has 0 unspecified atom stereocenters. The number of unbranched alkanes of at least 4 members (excludes halogenated alkanes) is 1. The van der Waals surface area contributed by atoms with E-state index in [1.165, 1.54) is 40.2 Å². The van der Waals surface area contributed by atoms with Gasteiger partial charge in [-0.2, -0.15) is 0 Å². The fraction of sp³-hybridized carbons (Fsp3) is 1.00. The Bertz CT molecular complexity index is 27.3. The molecular weight excluding hydrogens is 198 g/mol. The predicted molar refractivity (Wildman–Crippen MR) is 34.5 cm³/mol. The predicted octanol–water partition coefficient (Wildman–Crippen LogP) is 0.464. The third-order valence-corrected chi connectivity index (χ3v) is 1.97. The van der Waals surface area contributed by atoms with Crippen molar-refractivity contribution in [1.82, 2.24) is 0 Å². The molecule has 0 aliphatic rings. The molecule has 1 nitrogen and oxygen atoms in total. The molecule has 0 fully saturated rings. The molecule has 0 bridgehead atoms. The van der Waals surface area contributed by atoms with Crippen LogP contribution in [0.1, 0.15) is 12.8 Å². The molecular formula is C5H13OSb. The maximum absolute atomic E-state index is 4.86. The monoisotopic (exact) mass is 210 g/mol. The second kappa shape index (κ2) is 6.78. The van der Waals surface area contributed by atoms with Gasteiger partial charge in [0.05, 0.1) is 0 Å². The molecule has 0 rings (SSSR count). The van der Waals surface area contributed by atoms with Gasteiger partial charge in [-0.25, -0.2) is 0 Å². The first-order chi connectivity index (χ1) is 3.41. The van der Waals surface area contributed by atoms with Crippen molar-refractivity contribution in [2.24, 2.45) is 0 Å². The average Bonchev–Trinajstić information content (AvgIpc) is 1.69. The van der Waals surface area contributed by atoms with Crippen LogP contribution in [0.25, 0.3) is 0 Å². The van der Waals surface area contributed by atoms with Gasteiger partial charge in [-0.3, -0.25) is 0 Å². The van der Waals surface area contributed by atoms with E-state index in [0.29, 0.717) is 0 Å². The van der Waals surface area contributed by atoms with Gasteiger partial charge in [-0.1, -0.05) is 0 Å². The van der Waals surface area contributed by atoms with Crippen LogP contribution in [-0.2, 0) is 4.74 Å². The molecule has 0 aliphatic heterocycles. The van der Waals surface area contributed by atoms with Crippen LogP contribution in [0.2, 0.25) is 4.37 Å². The third kappa shape index (κ3) is 6.78. The molecule has 0 aliphatic carbocycles. The zero-order chi connectivity index (χ0) is 5.54. The van der Waals surface area contributed by atoms with Crippen LogP contribution in [0.15, 0.2) is 0 Å². The Labute approximate surface area is 58.9 Å². The van der Waals surface area contributed by atoms with Crippen molar-refractivity contribution in [2.45, 2.75) is 17.2 Å². The van der Waals surface area contributed by atoms with E-state index in [4.69, 9.17) is 4.74 Å². The van der Waals surface area contributed by atoms with Crippen LogP contribution >= 0.6 is 0 Å². The molecule has 0 spiro atoms. The van der Waals surface area contributed by atoms with E-state index in [1.54, 1.807) is 7.11 Å². The third-order valence-electron chi connectivity index (χ3n) is 0.803. The van der Waals surface area contributed by atoms with Crippen molar-refractivity contribution in [3.63, 3.8) is 0 Å². The SMILES string of the molecule is COCCC[CH2][SbH2]. The van der Waals surface area contributed by atoms with Gasteiger partial charge in [0.1, 0.15) is 0 Å². The van der Waals surface area contributed by atoms with Crippen molar-refractivity contribution < 1.29 is 4.74 Å². The van der Waals surface area contributed by atoms with Crippen molar-refractivity contribution in [1.29, 1.82) is 0 Å². The molecule has 0 N–H and O–H groups in total. The second-order valence-corrected chi connectivity index (χ2v) is 3.14. The van der Waals surface area contributed by atoms with Gasteiger partial charge < -0.3 is 0 Å². The maximum atomic E-state index is 4.86. The Balaban J connectivity index is 2.45. The van der Waals surface area contributed by atoms with Crippen LogP contribution in [0.5, 0.6) is 0 Å². The minimum absolute atomic E-state index is 0.945. The summed E-state index contributed by atoms with van der Waals surface area (Å²) in [7, 11) is 1.76. The Morgan fingerprint density at radius 3 is 2.57 bits per heavy atom. The summed E-state index contributed by atoms with van der Waals surface area (Å²) in [6, 6.07) is 0. The summed E-state index contributed by atoms with van der Waals surface area (Å²) < 4.78 is 6.27. The molecule has 0 atom stereocenters. The van der Waals surface area contributed by atoms with Crippen molar-refractivity contribution in [3.05, 3.63) is 0 Å². The summed E-state index contributed by atoms with van der Waals surface area (Å²) in [6.07, 6.45) is 2.61. The average molecular weight is 211 g/mol. The van der Waals surface area contributed by atoms with Crippen LogP contribution in [0.4, 0.5) is 0 Å². The zero-order valence-corrected chi connectivity index (χ0v) is 8.11. The van der Waals surface area contributed by atoms with Crippen LogP contribution in [0.3, 0.4) is 0 Å². The van der Waals surface area contributed by atoms with Gasteiger partial charge in [-0.05, 0) is 0 Å². The van der Waals surface area contributed by atoms with E-state index in [-0.39, 0.29) is 0 Å². The van der Waals surface area contributed by atoms with Crippen molar-refractivity contribution >= 4 is 23.0 Å². The van der Waals surface area contributed by atoms with Gasteiger partial charge >= 0.3 is 58.7 Å². The standard InChI is InChI=1S/C5H11O.Sb.2H/c1-3-4-5-6-2;;;/h1,3-5H2,2H3;;;. The molecule has 0 aromatic heterocycles. The molecule has 0 saturated heterocycles. The van der Waals surface area contributed by atoms with Crippen LogP contribution in [-0.4, -0.2) is 36.7 Å². The summed E-state index contributed by atoms with van der Waals surface area (Å²) in [6.45, 7) is 0.945. The summed E-state index contributed by atoms with van der Waals surface area (Å²) >= 11 is 1.40.